The molecule has 1 unspecified atom stereocenters. The first-order valence-electron chi connectivity index (χ1n) is 11.2. The molecule has 0 radical (unpaired) electrons. The van der Waals surface area contributed by atoms with Crippen molar-refractivity contribution in [2.75, 3.05) is 5.32 Å². The highest BCUT2D eigenvalue weighted by Crippen LogP contribution is 2.37. The number of nitrogens with zero attached hydrogens (tertiary/aromatic N) is 3. The largest absolute Gasteiger partial charge is 0.508 e. The summed E-state index contributed by atoms with van der Waals surface area (Å²) in [7, 11) is 0. The number of benzene rings is 3. The lowest BCUT2D eigenvalue weighted by Crippen LogP contribution is -2.31. The Morgan fingerprint density at radius 2 is 1.65 bits per heavy atom. The number of hydrazone groups is 1. The number of carbonyl (C=O) groups is 1. The van der Waals surface area contributed by atoms with E-state index in [0.29, 0.717) is 17.7 Å². The fourth-order valence-corrected chi connectivity index (χ4v) is 4.14. The first kappa shape index (κ1) is 21.4. The number of anilines is 1. The van der Waals surface area contributed by atoms with Crippen LogP contribution in [0.3, 0.4) is 0 Å². The maximum Gasteiger partial charge on any atom is 0.342 e. The van der Waals surface area contributed by atoms with E-state index in [1.54, 1.807) is 24.5 Å². The molecule has 4 aromatic rings. The molecule has 1 aliphatic rings. The van der Waals surface area contributed by atoms with Gasteiger partial charge in [-0.05, 0) is 41.8 Å². The van der Waals surface area contributed by atoms with Crippen LogP contribution in [0, 0.1) is 0 Å². The molecule has 0 bridgehead atoms. The standard InChI is InChI=1S/C28H24N4O2/c33-27-11-5-4-10-24(27)26-18-25(22-9-6-16-29-19-22)31-32(26)28(34)30-23-14-12-21(13-15-23)17-20-7-2-1-3-8-20/h1-16,19,26,33H,17-18H2,(H,30,34). The zero-order chi connectivity index (χ0) is 23.3. The fraction of sp³-hybridized carbons (Fsp3) is 0.107. The van der Waals surface area contributed by atoms with Crippen molar-refractivity contribution in [1.82, 2.24) is 9.99 Å². The van der Waals surface area contributed by atoms with Gasteiger partial charge in [-0.1, -0.05) is 66.7 Å². The second-order valence-electron chi connectivity index (χ2n) is 8.20. The molecule has 1 aliphatic heterocycles. The molecule has 1 aromatic heterocycles. The molecule has 0 fully saturated rings. The number of hydrogen-bond acceptors (Lipinski definition) is 4. The number of hydrogen-bond donors (Lipinski definition) is 2. The summed E-state index contributed by atoms with van der Waals surface area (Å²) in [6.45, 7) is 0. The van der Waals surface area contributed by atoms with E-state index >= 15 is 0 Å². The van der Waals surface area contributed by atoms with Crippen molar-refractivity contribution in [2.45, 2.75) is 18.9 Å². The highest BCUT2D eigenvalue weighted by atomic mass is 16.3. The van der Waals surface area contributed by atoms with Gasteiger partial charge in [-0.3, -0.25) is 4.98 Å². The second-order valence-corrected chi connectivity index (χ2v) is 8.20. The summed E-state index contributed by atoms with van der Waals surface area (Å²) >= 11 is 0. The molecule has 0 aliphatic carbocycles. The van der Waals surface area contributed by atoms with Crippen LogP contribution >= 0.6 is 0 Å². The summed E-state index contributed by atoms with van der Waals surface area (Å²) in [6, 6.07) is 28.1. The highest BCUT2D eigenvalue weighted by molar-refractivity contribution is 6.04. The molecular weight excluding hydrogens is 424 g/mol. The van der Waals surface area contributed by atoms with Crippen molar-refractivity contribution >= 4 is 17.4 Å². The Balaban J connectivity index is 1.36. The number of para-hydroxylation sites is 1. The lowest BCUT2D eigenvalue weighted by Gasteiger charge is -2.23. The molecule has 2 amide bonds. The van der Waals surface area contributed by atoms with Crippen LogP contribution in [-0.2, 0) is 6.42 Å². The number of carbonyl (C=O) groups excluding carboxylic acids is 1. The van der Waals surface area contributed by atoms with Gasteiger partial charge in [-0.15, -0.1) is 0 Å². The van der Waals surface area contributed by atoms with Gasteiger partial charge in [0.1, 0.15) is 5.75 Å². The molecule has 0 saturated heterocycles. The van der Waals surface area contributed by atoms with Gasteiger partial charge in [-0.25, -0.2) is 9.80 Å². The Hall–Kier alpha value is -4.45. The van der Waals surface area contributed by atoms with Gasteiger partial charge in [0.05, 0.1) is 11.8 Å². The first-order valence-corrected chi connectivity index (χ1v) is 11.2. The maximum atomic E-state index is 13.3. The van der Waals surface area contributed by atoms with E-state index in [1.807, 2.05) is 66.7 Å². The van der Waals surface area contributed by atoms with Crippen molar-refractivity contribution in [3.63, 3.8) is 0 Å². The van der Waals surface area contributed by atoms with Crippen molar-refractivity contribution < 1.29 is 9.90 Å². The number of urea groups is 1. The molecule has 6 nitrogen and oxygen atoms in total. The van der Waals surface area contributed by atoms with E-state index in [0.717, 1.165) is 23.3 Å². The smallest absolute Gasteiger partial charge is 0.342 e. The summed E-state index contributed by atoms with van der Waals surface area (Å²) < 4.78 is 0. The van der Waals surface area contributed by atoms with Crippen LogP contribution < -0.4 is 5.32 Å². The maximum absolute atomic E-state index is 13.3. The molecule has 168 valence electrons. The van der Waals surface area contributed by atoms with Crippen LogP contribution in [0.4, 0.5) is 10.5 Å². The third-order valence-corrected chi connectivity index (χ3v) is 5.87. The summed E-state index contributed by atoms with van der Waals surface area (Å²) in [5, 5.41) is 19.4. The Kier molecular flexibility index (Phi) is 6.03. The van der Waals surface area contributed by atoms with Crippen LogP contribution in [0.1, 0.15) is 34.7 Å². The number of amides is 2. The number of aromatic hydroxyl groups is 1. The molecule has 6 heteroatoms. The van der Waals surface area contributed by atoms with Gasteiger partial charge in [0.2, 0.25) is 0 Å². The molecular formula is C28H24N4O2. The molecule has 1 atom stereocenters. The second kappa shape index (κ2) is 9.58. The Morgan fingerprint density at radius 3 is 2.38 bits per heavy atom. The Labute approximate surface area is 198 Å². The van der Waals surface area contributed by atoms with Crippen LogP contribution in [0.15, 0.2) is 108 Å². The molecule has 3 aromatic carbocycles. The van der Waals surface area contributed by atoms with E-state index in [1.165, 1.54) is 10.6 Å². The normalized spacial score (nSPS) is 15.1. The average Bonchev–Trinajstić information content (AvgIpc) is 3.32. The van der Waals surface area contributed by atoms with E-state index in [-0.39, 0.29) is 11.8 Å². The third kappa shape index (κ3) is 4.66. The molecule has 0 spiro atoms. The average molecular weight is 449 g/mol. The van der Waals surface area contributed by atoms with E-state index < -0.39 is 6.04 Å². The minimum absolute atomic E-state index is 0.137. The van der Waals surface area contributed by atoms with Gasteiger partial charge < -0.3 is 10.4 Å². The Bertz CT molecular complexity index is 1310. The minimum atomic E-state index is -0.422. The third-order valence-electron chi connectivity index (χ3n) is 5.87. The van der Waals surface area contributed by atoms with Gasteiger partial charge in [-0.2, -0.15) is 5.10 Å². The lowest BCUT2D eigenvalue weighted by atomic mass is 9.98. The molecule has 34 heavy (non-hydrogen) atoms. The van der Waals surface area contributed by atoms with Crippen LogP contribution in [0.25, 0.3) is 0 Å². The van der Waals surface area contributed by atoms with Gasteiger partial charge >= 0.3 is 6.03 Å². The Morgan fingerprint density at radius 1 is 0.912 bits per heavy atom. The number of aromatic nitrogens is 1. The first-order chi connectivity index (χ1) is 16.7. The molecule has 5 rings (SSSR count). The van der Waals surface area contributed by atoms with E-state index in [9.17, 15) is 9.90 Å². The van der Waals surface area contributed by atoms with Gasteiger partial charge in [0.15, 0.2) is 0 Å². The summed E-state index contributed by atoms with van der Waals surface area (Å²) in [6.07, 6.45) is 4.74. The van der Waals surface area contributed by atoms with Crippen LogP contribution in [0.5, 0.6) is 5.75 Å². The van der Waals surface area contributed by atoms with Gasteiger partial charge in [0.25, 0.3) is 0 Å². The van der Waals surface area contributed by atoms with Crippen LogP contribution in [-0.4, -0.2) is 26.8 Å². The highest BCUT2D eigenvalue weighted by Gasteiger charge is 2.34. The van der Waals surface area contributed by atoms with Gasteiger partial charge in [0, 0.05) is 35.6 Å². The lowest BCUT2D eigenvalue weighted by molar-refractivity contribution is 0.199. The quantitative estimate of drug-likeness (QED) is 0.407. The molecule has 0 saturated carbocycles. The number of rotatable bonds is 5. The van der Waals surface area contributed by atoms with Crippen molar-refractivity contribution in [3.05, 3.63) is 126 Å². The van der Waals surface area contributed by atoms with Crippen LogP contribution in [0.2, 0.25) is 0 Å². The topological polar surface area (TPSA) is 77.8 Å². The monoisotopic (exact) mass is 448 g/mol. The van der Waals surface area contributed by atoms with Crippen molar-refractivity contribution in [1.29, 1.82) is 0 Å². The minimum Gasteiger partial charge on any atom is -0.508 e. The summed E-state index contributed by atoms with van der Waals surface area (Å²) in [5.41, 5.74) is 5.33. The SMILES string of the molecule is O=C(Nc1ccc(Cc2ccccc2)cc1)N1N=C(c2cccnc2)CC1c1ccccc1O. The predicted octanol–water partition coefficient (Wildman–Crippen LogP) is 5.76. The number of nitrogens with one attached hydrogen (secondary N) is 1. The molecule has 2 N–H and O–H groups in total. The predicted molar refractivity (Wildman–Crippen MR) is 133 cm³/mol. The van der Waals surface area contributed by atoms with E-state index in [4.69, 9.17) is 0 Å². The zero-order valence-corrected chi connectivity index (χ0v) is 18.5. The fourth-order valence-electron chi connectivity index (χ4n) is 4.14. The molecule has 2 heterocycles. The number of phenols is 1. The zero-order valence-electron chi connectivity index (χ0n) is 18.5. The van der Waals surface area contributed by atoms with Crippen molar-refractivity contribution in [3.8, 4) is 5.75 Å². The number of phenolic OH excluding ortho intramolecular Hbond substituents is 1. The van der Waals surface area contributed by atoms with Crippen molar-refractivity contribution in [2.24, 2.45) is 5.10 Å². The number of pyridine rings is 1. The summed E-state index contributed by atoms with van der Waals surface area (Å²) in [5.74, 6) is 0.137. The summed E-state index contributed by atoms with van der Waals surface area (Å²) in [4.78, 5) is 17.4. The van der Waals surface area contributed by atoms with E-state index in [2.05, 4.69) is 27.5 Å².